The van der Waals surface area contributed by atoms with Gasteiger partial charge in [-0.3, -0.25) is 0 Å². The third-order valence-corrected chi connectivity index (χ3v) is 9.63. The van der Waals surface area contributed by atoms with Crippen molar-refractivity contribution in [3.63, 3.8) is 0 Å². The second-order valence-corrected chi connectivity index (χ2v) is 12.3. The van der Waals surface area contributed by atoms with Crippen LogP contribution in [-0.2, 0) is 0 Å². The zero-order chi connectivity index (χ0) is 33.8. The highest BCUT2D eigenvalue weighted by atomic mass is 15.0. The minimum absolute atomic E-state index is 0.332. The lowest BCUT2D eigenvalue weighted by Crippen LogP contribution is -1.98. The molecule has 0 aliphatic carbocycles. The van der Waals surface area contributed by atoms with Gasteiger partial charge in [-0.2, -0.15) is 10.5 Å². The van der Waals surface area contributed by atoms with Gasteiger partial charge < -0.3 is 9.13 Å². The molecule has 2 aromatic heterocycles. The third kappa shape index (κ3) is 4.38. The van der Waals surface area contributed by atoms with Crippen LogP contribution in [0.15, 0.2) is 152 Å². The summed E-state index contributed by atoms with van der Waals surface area (Å²) in [6.45, 7) is 7.84. The number of rotatable bonds is 4. The van der Waals surface area contributed by atoms with Gasteiger partial charge in [-0.15, -0.1) is 0 Å². The number of fused-ring (bicyclic) bond motifs is 6. The molecule has 7 aromatic carbocycles. The first kappa shape index (κ1) is 28.8. The Labute approximate surface area is 288 Å². The highest BCUT2D eigenvalue weighted by molar-refractivity contribution is 6.11. The van der Waals surface area contributed by atoms with E-state index in [1.165, 1.54) is 0 Å². The molecule has 0 saturated carbocycles. The zero-order valence-electron chi connectivity index (χ0n) is 26.7. The molecule has 0 aliphatic rings. The fourth-order valence-corrected chi connectivity index (χ4v) is 7.32. The second kappa shape index (κ2) is 11.4. The standard InChI is InChI=1S/C45H25N5/c1-48-40-26-45(50-42-12-6-2-8-35(42)36-9-3-7-13-43(36)50)38(25-33(40)28-47)32-17-15-30(16-18-32)31-19-21-34(22-20-31)49-41-11-5-4-10-37(41)39-24-29(27-46)14-23-44(39)49/h2-26H. The molecule has 0 saturated heterocycles. The van der Waals surface area contributed by atoms with E-state index in [0.29, 0.717) is 16.8 Å². The highest BCUT2D eigenvalue weighted by Gasteiger charge is 2.19. The molecule has 0 radical (unpaired) electrons. The van der Waals surface area contributed by atoms with Crippen molar-refractivity contribution in [3.05, 3.63) is 174 Å². The molecule has 230 valence electrons. The molecule has 2 heterocycles. The van der Waals surface area contributed by atoms with Crippen LogP contribution >= 0.6 is 0 Å². The van der Waals surface area contributed by atoms with E-state index >= 15 is 0 Å². The predicted molar refractivity (Wildman–Crippen MR) is 202 cm³/mol. The average molecular weight is 636 g/mol. The molecule has 5 nitrogen and oxygen atoms in total. The number of hydrogen-bond donors (Lipinski definition) is 0. The summed E-state index contributed by atoms with van der Waals surface area (Å²) in [5.74, 6) is 0. The summed E-state index contributed by atoms with van der Waals surface area (Å²) in [4.78, 5) is 3.73. The monoisotopic (exact) mass is 635 g/mol. The summed E-state index contributed by atoms with van der Waals surface area (Å²) in [5.41, 5.74) is 11.5. The summed E-state index contributed by atoms with van der Waals surface area (Å²) < 4.78 is 4.45. The minimum atomic E-state index is 0.332. The number of para-hydroxylation sites is 3. The summed E-state index contributed by atoms with van der Waals surface area (Å²) in [6.07, 6.45) is 0. The SMILES string of the molecule is [C-]#[N+]c1cc(-n2c3ccccc3c3ccccc32)c(-c2ccc(-c3ccc(-n4c5ccccc5c5cc(C#N)ccc54)cc3)cc2)cc1C#N. The Bertz CT molecular complexity index is 2890. The molecule has 9 aromatic rings. The van der Waals surface area contributed by atoms with Gasteiger partial charge >= 0.3 is 0 Å². The molecule has 5 heteroatoms. The molecule has 0 amide bonds. The molecule has 0 unspecified atom stereocenters. The van der Waals surface area contributed by atoms with Crippen molar-refractivity contribution in [1.29, 1.82) is 10.5 Å². The maximum Gasteiger partial charge on any atom is 0.206 e. The van der Waals surface area contributed by atoms with E-state index < -0.39 is 0 Å². The van der Waals surface area contributed by atoms with E-state index in [1.807, 2.05) is 66.7 Å². The topological polar surface area (TPSA) is 61.8 Å². The summed E-state index contributed by atoms with van der Waals surface area (Å²) in [6, 6.07) is 55.9. The Balaban J connectivity index is 1.14. The zero-order valence-corrected chi connectivity index (χ0v) is 26.7. The Morgan fingerprint density at radius 1 is 0.480 bits per heavy atom. The van der Waals surface area contributed by atoms with Crippen molar-refractivity contribution in [2.75, 3.05) is 0 Å². The van der Waals surface area contributed by atoms with Crippen LogP contribution in [0.4, 0.5) is 5.69 Å². The van der Waals surface area contributed by atoms with Crippen LogP contribution in [-0.4, -0.2) is 9.13 Å². The molecule has 0 bridgehead atoms. The summed E-state index contributed by atoms with van der Waals surface area (Å²) in [7, 11) is 0. The lowest BCUT2D eigenvalue weighted by atomic mass is 9.96. The Hall–Kier alpha value is -7.39. The van der Waals surface area contributed by atoms with Gasteiger partial charge in [0.15, 0.2) is 0 Å². The molecular formula is C45H25N5. The van der Waals surface area contributed by atoms with Gasteiger partial charge in [0, 0.05) is 38.5 Å². The van der Waals surface area contributed by atoms with Gasteiger partial charge in [0.05, 0.1) is 51.9 Å². The Morgan fingerprint density at radius 3 is 1.58 bits per heavy atom. The maximum absolute atomic E-state index is 10.00. The number of benzene rings is 7. The Morgan fingerprint density at radius 2 is 1.00 bits per heavy atom. The smallest absolute Gasteiger partial charge is 0.206 e. The third-order valence-electron chi connectivity index (χ3n) is 9.63. The lowest BCUT2D eigenvalue weighted by Gasteiger charge is -2.16. The van der Waals surface area contributed by atoms with Crippen LogP contribution in [0, 0.1) is 29.2 Å². The van der Waals surface area contributed by atoms with Gasteiger partial charge in [0.25, 0.3) is 0 Å². The van der Waals surface area contributed by atoms with Crippen LogP contribution in [0.3, 0.4) is 0 Å². The molecule has 0 N–H and O–H groups in total. The molecule has 0 fully saturated rings. The van der Waals surface area contributed by atoms with Crippen molar-refractivity contribution in [1.82, 2.24) is 9.13 Å². The van der Waals surface area contributed by atoms with Crippen molar-refractivity contribution < 1.29 is 0 Å². The van der Waals surface area contributed by atoms with E-state index in [1.54, 1.807) is 0 Å². The molecule has 50 heavy (non-hydrogen) atoms. The van der Waals surface area contributed by atoms with Crippen molar-refractivity contribution >= 4 is 49.3 Å². The van der Waals surface area contributed by atoms with E-state index in [2.05, 4.69) is 111 Å². The Kier molecular flexibility index (Phi) is 6.56. The van der Waals surface area contributed by atoms with Crippen LogP contribution in [0.25, 0.3) is 82.1 Å². The van der Waals surface area contributed by atoms with Crippen LogP contribution in [0.5, 0.6) is 0 Å². The van der Waals surface area contributed by atoms with E-state index in [9.17, 15) is 10.5 Å². The molecular weight excluding hydrogens is 611 g/mol. The lowest BCUT2D eigenvalue weighted by molar-refractivity contribution is 1.18. The number of aromatic nitrogens is 2. The normalized spacial score (nSPS) is 11.1. The number of nitrogens with zero attached hydrogens (tertiary/aromatic N) is 5. The predicted octanol–water partition coefficient (Wildman–Crippen LogP) is 11.5. The van der Waals surface area contributed by atoms with Crippen molar-refractivity contribution in [3.8, 4) is 45.8 Å². The minimum Gasteiger partial charge on any atom is -0.310 e. The van der Waals surface area contributed by atoms with Gasteiger partial charge in [0.2, 0.25) is 5.69 Å². The van der Waals surface area contributed by atoms with Crippen molar-refractivity contribution in [2.45, 2.75) is 0 Å². The van der Waals surface area contributed by atoms with Gasteiger partial charge in [-0.1, -0.05) is 91.0 Å². The molecule has 0 spiro atoms. The fourth-order valence-electron chi connectivity index (χ4n) is 7.32. The van der Waals surface area contributed by atoms with Crippen molar-refractivity contribution in [2.24, 2.45) is 0 Å². The fraction of sp³-hybridized carbons (Fsp3) is 0. The summed E-state index contributed by atoms with van der Waals surface area (Å²) >= 11 is 0. The molecule has 9 rings (SSSR count). The first-order valence-corrected chi connectivity index (χ1v) is 16.3. The first-order chi connectivity index (χ1) is 24.7. The van der Waals surface area contributed by atoms with Gasteiger partial charge in [-0.05, 0) is 77.4 Å². The van der Waals surface area contributed by atoms with Crippen LogP contribution in [0.1, 0.15) is 11.1 Å². The first-order valence-electron chi connectivity index (χ1n) is 16.3. The van der Waals surface area contributed by atoms with Gasteiger partial charge in [0.1, 0.15) is 0 Å². The number of nitriles is 2. The second-order valence-electron chi connectivity index (χ2n) is 12.3. The summed E-state index contributed by atoms with van der Waals surface area (Å²) in [5, 5.41) is 23.9. The highest BCUT2D eigenvalue weighted by Crippen LogP contribution is 2.40. The van der Waals surface area contributed by atoms with Crippen LogP contribution < -0.4 is 0 Å². The number of hydrogen-bond acceptors (Lipinski definition) is 2. The van der Waals surface area contributed by atoms with Crippen LogP contribution in [0.2, 0.25) is 0 Å². The van der Waals surface area contributed by atoms with E-state index in [4.69, 9.17) is 6.57 Å². The average Bonchev–Trinajstić information content (AvgIpc) is 3.70. The molecule has 0 atom stereocenters. The quantitative estimate of drug-likeness (QED) is 0.181. The van der Waals surface area contributed by atoms with Gasteiger partial charge in [-0.25, -0.2) is 4.85 Å². The van der Waals surface area contributed by atoms with E-state index in [0.717, 1.165) is 77.2 Å². The van der Waals surface area contributed by atoms with E-state index in [-0.39, 0.29) is 0 Å². The molecule has 0 aliphatic heterocycles. The largest absolute Gasteiger partial charge is 0.310 e. The maximum atomic E-state index is 10.00.